The van der Waals surface area contributed by atoms with Crippen LogP contribution in [0.3, 0.4) is 0 Å². The number of amides is 1. The summed E-state index contributed by atoms with van der Waals surface area (Å²) in [4.78, 5) is 16.3. The fourth-order valence-corrected chi connectivity index (χ4v) is 2.72. The number of aromatic nitrogens is 1. The molecule has 0 atom stereocenters. The van der Waals surface area contributed by atoms with E-state index in [2.05, 4.69) is 29.1 Å². The summed E-state index contributed by atoms with van der Waals surface area (Å²) in [7, 11) is 0. The second-order valence-electron chi connectivity index (χ2n) is 5.99. The Morgan fingerprint density at radius 1 is 1.38 bits per heavy atom. The van der Waals surface area contributed by atoms with E-state index in [-0.39, 0.29) is 11.3 Å². The van der Waals surface area contributed by atoms with Crippen LogP contribution in [0.1, 0.15) is 55.1 Å². The van der Waals surface area contributed by atoms with Gasteiger partial charge in [0.1, 0.15) is 5.69 Å². The van der Waals surface area contributed by atoms with Crippen molar-refractivity contribution in [2.75, 3.05) is 13.1 Å². The molecular weight excluding hydrogens is 262 g/mol. The highest BCUT2D eigenvalue weighted by Gasteiger charge is 2.27. The van der Waals surface area contributed by atoms with Crippen LogP contribution >= 0.6 is 0 Å². The van der Waals surface area contributed by atoms with Gasteiger partial charge in [0.05, 0.1) is 6.54 Å². The Hall–Kier alpha value is -1.86. The van der Waals surface area contributed by atoms with Crippen molar-refractivity contribution in [2.24, 2.45) is 11.1 Å². The zero-order valence-corrected chi connectivity index (χ0v) is 12.6. The lowest BCUT2D eigenvalue weighted by atomic mass is 9.76. The van der Waals surface area contributed by atoms with Crippen LogP contribution in [0.25, 0.3) is 0 Å². The predicted molar refractivity (Wildman–Crippen MR) is 83.7 cm³/mol. The first kappa shape index (κ1) is 15.5. The number of nitrogens with one attached hydrogen (secondary N) is 1. The van der Waals surface area contributed by atoms with Gasteiger partial charge in [-0.05, 0) is 30.4 Å². The molecule has 0 aliphatic heterocycles. The van der Waals surface area contributed by atoms with Gasteiger partial charge in [-0.15, -0.1) is 0 Å². The first-order chi connectivity index (χ1) is 10.1. The zero-order valence-electron chi connectivity index (χ0n) is 12.6. The topological polar surface area (TPSA) is 68.0 Å². The third-order valence-corrected chi connectivity index (χ3v) is 4.07. The maximum Gasteiger partial charge on any atom is 0.269 e. The van der Waals surface area contributed by atoms with E-state index < -0.39 is 0 Å². The molecule has 1 aliphatic rings. The summed E-state index contributed by atoms with van der Waals surface area (Å²) in [6.45, 7) is 3.30. The van der Waals surface area contributed by atoms with Gasteiger partial charge in [-0.2, -0.15) is 0 Å². The largest absolute Gasteiger partial charge is 0.350 e. The van der Waals surface area contributed by atoms with Crippen LogP contribution in [0.2, 0.25) is 0 Å². The van der Waals surface area contributed by atoms with Gasteiger partial charge in [0, 0.05) is 18.3 Å². The number of hydrogen-bond acceptors (Lipinski definition) is 3. The first-order valence-corrected chi connectivity index (χ1v) is 7.56. The molecule has 2 rings (SSSR count). The average Bonchev–Trinajstić information content (AvgIpc) is 2.52. The van der Waals surface area contributed by atoms with Crippen LogP contribution in [0, 0.1) is 17.3 Å². The third kappa shape index (κ3) is 4.57. The van der Waals surface area contributed by atoms with E-state index in [0.717, 1.165) is 12.1 Å². The summed E-state index contributed by atoms with van der Waals surface area (Å²) in [5.74, 6) is 5.54. The number of carbonyl (C=O) groups is 1. The van der Waals surface area contributed by atoms with Gasteiger partial charge in [-0.25, -0.2) is 4.98 Å². The summed E-state index contributed by atoms with van der Waals surface area (Å²) >= 11 is 0. The second-order valence-corrected chi connectivity index (χ2v) is 5.99. The third-order valence-electron chi connectivity index (χ3n) is 4.07. The van der Waals surface area contributed by atoms with Crippen molar-refractivity contribution in [3.05, 3.63) is 29.6 Å². The van der Waals surface area contributed by atoms with Gasteiger partial charge in [-0.3, -0.25) is 4.79 Å². The molecule has 4 nitrogen and oxygen atoms in total. The standard InChI is InChI=1S/C17H23N3O/c1-17(9-3-2-4-10-17)13-20-16(21)15-8-7-14(12-19-15)6-5-11-18/h7-8,12H,2-4,9-11,13,18H2,1H3,(H,20,21). The Balaban J connectivity index is 1.91. The molecule has 3 N–H and O–H groups in total. The van der Waals surface area contributed by atoms with Crippen LogP contribution < -0.4 is 11.1 Å². The molecule has 0 spiro atoms. The molecule has 1 heterocycles. The zero-order chi connectivity index (χ0) is 15.1. The minimum Gasteiger partial charge on any atom is -0.350 e. The Kier molecular flexibility index (Phi) is 5.35. The molecule has 0 bridgehead atoms. The van der Waals surface area contributed by atoms with Crippen molar-refractivity contribution in [3.63, 3.8) is 0 Å². The number of rotatable bonds is 3. The van der Waals surface area contributed by atoms with Crippen molar-refractivity contribution in [2.45, 2.75) is 39.0 Å². The monoisotopic (exact) mass is 285 g/mol. The van der Waals surface area contributed by atoms with Gasteiger partial charge in [0.2, 0.25) is 0 Å². The molecule has 1 aromatic rings. The minimum absolute atomic E-state index is 0.111. The van der Waals surface area contributed by atoms with E-state index in [1.54, 1.807) is 18.3 Å². The number of hydrogen-bond donors (Lipinski definition) is 2. The van der Waals surface area contributed by atoms with Crippen LogP contribution in [-0.2, 0) is 0 Å². The molecular formula is C17H23N3O. The molecule has 112 valence electrons. The summed E-state index contributed by atoms with van der Waals surface area (Å²) in [6.07, 6.45) is 7.83. The molecule has 1 fully saturated rings. The van der Waals surface area contributed by atoms with Crippen LogP contribution in [-0.4, -0.2) is 24.0 Å². The molecule has 0 saturated heterocycles. The maximum absolute atomic E-state index is 12.1. The number of pyridine rings is 1. The van der Waals surface area contributed by atoms with Gasteiger partial charge in [-0.1, -0.05) is 38.0 Å². The normalized spacial score (nSPS) is 16.7. The molecule has 0 aromatic carbocycles. The fourth-order valence-electron chi connectivity index (χ4n) is 2.72. The Bertz CT molecular complexity index is 533. The SMILES string of the molecule is CC1(CNC(=O)c2ccc(C#CCN)cn2)CCCCC1. The summed E-state index contributed by atoms with van der Waals surface area (Å²) < 4.78 is 0. The number of nitrogens with two attached hydrogens (primary N) is 1. The second kappa shape index (κ2) is 7.24. The molecule has 1 amide bonds. The highest BCUT2D eigenvalue weighted by molar-refractivity contribution is 5.92. The molecule has 1 saturated carbocycles. The smallest absolute Gasteiger partial charge is 0.269 e. The summed E-state index contributed by atoms with van der Waals surface area (Å²) in [5.41, 5.74) is 6.77. The van der Waals surface area contributed by atoms with Crippen molar-refractivity contribution in [3.8, 4) is 11.8 Å². The van der Waals surface area contributed by atoms with Crippen LogP contribution in [0.4, 0.5) is 0 Å². The van der Waals surface area contributed by atoms with Crippen LogP contribution in [0.5, 0.6) is 0 Å². The number of carbonyl (C=O) groups excluding carboxylic acids is 1. The fraction of sp³-hybridized carbons (Fsp3) is 0.529. The van der Waals surface area contributed by atoms with Gasteiger partial charge >= 0.3 is 0 Å². The highest BCUT2D eigenvalue weighted by Crippen LogP contribution is 2.34. The van der Waals surface area contributed by atoms with E-state index >= 15 is 0 Å². The van der Waals surface area contributed by atoms with Crippen molar-refractivity contribution >= 4 is 5.91 Å². The van der Waals surface area contributed by atoms with Crippen molar-refractivity contribution in [1.29, 1.82) is 0 Å². The van der Waals surface area contributed by atoms with E-state index in [1.165, 1.54) is 32.1 Å². The van der Waals surface area contributed by atoms with E-state index in [1.807, 2.05) is 0 Å². The van der Waals surface area contributed by atoms with Gasteiger partial charge in [0.25, 0.3) is 5.91 Å². The Morgan fingerprint density at radius 3 is 2.76 bits per heavy atom. The molecule has 1 aliphatic carbocycles. The van der Waals surface area contributed by atoms with Crippen molar-refractivity contribution in [1.82, 2.24) is 10.3 Å². The van der Waals surface area contributed by atoms with Crippen molar-refractivity contribution < 1.29 is 4.79 Å². The lowest BCUT2D eigenvalue weighted by molar-refractivity contribution is 0.0914. The first-order valence-electron chi connectivity index (χ1n) is 7.56. The summed E-state index contributed by atoms with van der Waals surface area (Å²) in [5, 5.41) is 3.01. The quantitative estimate of drug-likeness (QED) is 0.836. The van der Waals surface area contributed by atoms with E-state index in [4.69, 9.17) is 5.73 Å². The lowest BCUT2D eigenvalue weighted by Gasteiger charge is -2.33. The Morgan fingerprint density at radius 2 is 2.14 bits per heavy atom. The van der Waals surface area contributed by atoms with E-state index in [0.29, 0.717) is 12.2 Å². The maximum atomic E-state index is 12.1. The van der Waals surface area contributed by atoms with Crippen LogP contribution in [0.15, 0.2) is 18.3 Å². The Labute approximate surface area is 126 Å². The predicted octanol–water partition coefficient (Wildman–Crippen LogP) is 2.09. The minimum atomic E-state index is -0.111. The molecule has 1 aromatic heterocycles. The molecule has 4 heteroatoms. The summed E-state index contributed by atoms with van der Waals surface area (Å²) in [6, 6.07) is 3.51. The highest BCUT2D eigenvalue weighted by atomic mass is 16.1. The average molecular weight is 285 g/mol. The lowest BCUT2D eigenvalue weighted by Crippen LogP contribution is -2.37. The molecule has 0 unspecified atom stereocenters. The van der Waals surface area contributed by atoms with Gasteiger partial charge in [0.15, 0.2) is 0 Å². The molecule has 21 heavy (non-hydrogen) atoms. The molecule has 0 radical (unpaired) electrons. The van der Waals surface area contributed by atoms with Gasteiger partial charge < -0.3 is 11.1 Å². The number of nitrogens with zero attached hydrogens (tertiary/aromatic N) is 1. The van der Waals surface area contributed by atoms with E-state index in [9.17, 15) is 4.79 Å².